The first kappa shape index (κ1) is 12.7. The molecule has 1 radical (unpaired) electrons. The lowest BCUT2D eigenvalue weighted by atomic mass is 9.71. The van der Waals surface area contributed by atoms with E-state index in [0.717, 1.165) is 0 Å². The molecule has 0 nitrogen and oxygen atoms in total. The Morgan fingerprint density at radius 1 is 0.450 bits per heavy atom. The summed E-state index contributed by atoms with van der Waals surface area (Å²) < 4.78 is 0. The van der Waals surface area contributed by atoms with Gasteiger partial charge in [0.1, 0.15) is 0 Å². The average Bonchev–Trinajstić information content (AvgIpc) is 2.56. The van der Waals surface area contributed by atoms with Gasteiger partial charge < -0.3 is 0 Å². The summed E-state index contributed by atoms with van der Waals surface area (Å²) in [7, 11) is 0. The molecule has 3 rings (SSSR count). The Hall–Kier alpha value is -2.34. The molecule has 0 fully saturated rings. The monoisotopic (exact) mass is 257 g/mol. The molecule has 0 aliphatic carbocycles. The van der Waals surface area contributed by atoms with Crippen LogP contribution < -0.4 is 0 Å². The molecule has 0 spiro atoms. The molecule has 20 heavy (non-hydrogen) atoms. The van der Waals surface area contributed by atoms with E-state index >= 15 is 0 Å². The van der Waals surface area contributed by atoms with E-state index < -0.39 is 0 Å². The summed E-state index contributed by atoms with van der Waals surface area (Å²) in [4.78, 5) is 0. The zero-order valence-corrected chi connectivity index (χ0v) is 11.4. The molecule has 0 saturated heterocycles. The van der Waals surface area contributed by atoms with Crippen LogP contribution in [0, 0.1) is 6.92 Å². The maximum absolute atomic E-state index is 4.58. The summed E-state index contributed by atoms with van der Waals surface area (Å²) in [5, 5.41) is 0. The molecule has 0 heterocycles. The minimum Gasteiger partial charge on any atom is -0.0622 e. The third kappa shape index (κ3) is 2.14. The Morgan fingerprint density at radius 3 is 0.950 bits per heavy atom. The maximum Gasteiger partial charge on any atom is 0.0451 e. The van der Waals surface area contributed by atoms with Crippen LogP contribution in [0.25, 0.3) is 0 Å². The van der Waals surface area contributed by atoms with Gasteiger partial charge in [-0.1, -0.05) is 91.0 Å². The van der Waals surface area contributed by atoms with Crippen LogP contribution in [-0.4, -0.2) is 0 Å². The summed E-state index contributed by atoms with van der Waals surface area (Å²) in [6, 6.07) is 31.4. The second kappa shape index (κ2) is 5.34. The van der Waals surface area contributed by atoms with Crippen LogP contribution in [-0.2, 0) is 5.41 Å². The van der Waals surface area contributed by atoms with Crippen molar-refractivity contribution in [1.29, 1.82) is 0 Å². The third-order valence-corrected chi connectivity index (χ3v) is 3.80. The highest BCUT2D eigenvalue weighted by molar-refractivity contribution is 5.51. The molecule has 0 bridgehead atoms. The standard InChI is InChI=1S/C20H17/c1-20(17-11-5-2-6-12-17,18-13-7-3-8-14-18)19-15-9-4-10-16-19/h2-16H,1H2. The third-order valence-electron chi connectivity index (χ3n) is 3.80. The number of benzene rings is 3. The first-order chi connectivity index (χ1) is 9.82. The van der Waals surface area contributed by atoms with Crippen molar-refractivity contribution in [3.63, 3.8) is 0 Å². The predicted octanol–water partition coefficient (Wildman–Crippen LogP) is 4.86. The van der Waals surface area contributed by atoms with Gasteiger partial charge in [0, 0.05) is 5.41 Å². The first-order valence-corrected chi connectivity index (χ1v) is 6.84. The van der Waals surface area contributed by atoms with Gasteiger partial charge in [0.2, 0.25) is 0 Å². The van der Waals surface area contributed by atoms with Crippen molar-refractivity contribution in [2.45, 2.75) is 5.41 Å². The number of hydrogen-bond acceptors (Lipinski definition) is 0. The van der Waals surface area contributed by atoms with E-state index in [1.54, 1.807) is 0 Å². The van der Waals surface area contributed by atoms with E-state index in [1.807, 2.05) is 18.2 Å². The molecule has 0 saturated carbocycles. The highest BCUT2D eigenvalue weighted by atomic mass is 14.3. The van der Waals surface area contributed by atoms with Crippen LogP contribution in [0.1, 0.15) is 16.7 Å². The summed E-state index contributed by atoms with van der Waals surface area (Å²) in [6.07, 6.45) is 0. The lowest BCUT2D eigenvalue weighted by Crippen LogP contribution is -2.25. The Morgan fingerprint density at radius 2 is 0.700 bits per heavy atom. The number of rotatable bonds is 3. The molecule has 3 aromatic rings. The molecular weight excluding hydrogens is 240 g/mol. The summed E-state index contributed by atoms with van der Waals surface area (Å²) in [5.41, 5.74) is 3.25. The molecule has 0 amide bonds. The maximum atomic E-state index is 4.58. The van der Waals surface area contributed by atoms with Crippen molar-refractivity contribution in [2.24, 2.45) is 0 Å². The smallest absolute Gasteiger partial charge is 0.0451 e. The van der Waals surface area contributed by atoms with Gasteiger partial charge in [-0.05, 0) is 23.6 Å². The van der Waals surface area contributed by atoms with Gasteiger partial charge in [-0.2, -0.15) is 0 Å². The summed E-state index contributed by atoms with van der Waals surface area (Å²) in [5.74, 6) is 0. The van der Waals surface area contributed by atoms with Gasteiger partial charge in [-0.3, -0.25) is 0 Å². The normalized spacial score (nSPS) is 11.2. The molecule has 0 aromatic heterocycles. The van der Waals surface area contributed by atoms with Crippen molar-refractivity contribution in [1.82, 2.24) is 0 Å². The first-order valence-electron chi connectivity index (χ1n) is 6.84. The van der Waals surface area contributed by atoms with Crippen LogP contribution in [0.15, 0.2) is 91.0 Å². The van der Waals surface area contributed by atoms with Crippen LogP contribution in [0.2, 0.25) is 0 Å². The lowest BCUT2D eigenvalue weighted by Gasteiger charge is -2.31. The fourth-order valence-corrected chi connectivity index (χ4v) is 2.67. The topological polar surface area (TPSA) is 0 Å². The van der Waals surface area contributed by atoms with E-state index in [2.05, 4.69) is 79.7 Å². The zero-order chi connectivity index (χ0) is 13.8. The Bertz CT molecular complexity index is 558. The van der Waals surface area contributed by atoms with Crippen LogP contribution >= 0.6 is 0 Å². The molecule has 0 atom stereocenters. The molecule has 0 N–H and O–H groups in total. The SMILES string of the molecule is [CH2]C(c1ccccc1)(c1ccccc1)c1ccccc1. The van der Waals surface area contributed by atoms with E-state index in [-0.39, 0.29) is 5.41 Å². The second-order valence-corrected chi connectivity index (χ2v) is 5.00. The molecule has 0 heteroatoms. The van der Waals surface area contributed by atoms with Crippen molar-refractivity contribution in [3.8, 4) is 0 Å². The van der Waals surface area contributed by atoms with E-state index in [9.17, 15) is 0 Å². The van der Waals surface area contributed by atoms with Gasteiger partial charge in [0.15, 0.2) is 0 Å². The second-order valence-electron chi connectivity index (χ2n) is 5.00. The lowest BCUT2D eigenvalue weighted by molar-refractivity contribution is 0.774. The van der Waals surface area contributed by atoms with Crippen molar-refractivity contribution >= 4 is 0 Å². The Kier molecular flexibility index (Phi) is 3.39. The quantitative estimate of drug-likeness (QED) is 0.588. The molecule has 0 unspecified atom stereocenters. The van der Waals surface area contributed by atoms with Gasteiger partial charge >= 0.3 is 0 Å². The van der Waals surface area contributed by atoms with E-state index in [0.29, 0.717) is 0 Å². The number of hydrogen-bond donors (Lipinski definition) is 0. The average molecular weight is 257 g/mol. The van der Waals surface area contributed by atoms with Gasteiger partial charge in [0.05, 0.1) is 0 Å². The fraction of sp³-hybridized carbons (Fsp3) is 0.0500. The predicted molar refractivity (Wildman–Crippen MR) is 84.6 cm³/mol. The molecular formula is C20H17. The van der Waals surface area contributed by atoms with Crippen molar-refractivity contribution < 1.29 is 0 Å². The van der Waals surface area contributed by atoms with Gasteiger partial charge in [-0.25, -0.2) is 0 Å². The van der Waals surface area contributed by atoms with E-state index in [1.165, 1.54) is 16.7 Å². The Labute approximate surface area is 120 Å². The minimum absolute atomic E-state index is 0.371. The zero-order valence-electron chi connectivity index (χ0n) is 11.4. The highest BCUT2D eigenvalue weighted by Gasteiger charge is 2.30. The molecule has 97 valence electrons. The van der Waals surface area contributed by atoms with E-state index in [4.69, 9.17) is 0 Å². The molecule has 0 aliphatic heterocycles. The van der Waals surface area contributed by atoms with Crippen LogP contribution in [0.5, 0.6) is 0 Å². The van der Waals surface area contributed by atoms with Crippen molar-refractivity contribution in [2.75, 3.05) is 0 Å². The largest absolute Gasteiger partial charge is 0.0622 e. The highest BCUT2D eigenvalue weighted by Crippen LogP contribution is 2.37. The van der Waals surface area contributed by atoms with Crippen molar-refractivity contribution in [3.05, 3.63) is 115 Å². The summed E-state index contributed by atoms with van der Waals surface area (Å²) in [6.45, 7) is 4.58. The van der Waals surface area contributed by atoms with Crippen LogP contribution in [0.3, 0.4) is 0 Å². The Balaban J connectivity index is 2.24. The molecule has 3 aromatic carbocycles. The fourth-order valence-electron chi connectivity index (χ4n) is 2.67. The van der Waals surface area contributed by atoms with Crippen LogP contribution in [0.4, 0.5) is 0 Å². The van der Waals surface area contributed by atoms with Gasteiger partial charge in [0.25, 0.3) is 0 Å². The minimum atomic E-state index is -0.371. The summed E-state index contributed by atoms with van der Waals surface area (Å²) >= 11 is 0. The van der Waals surface area contributed by atoms with Gasteiger partial charge in [-0.15, -0.1) is 0 Å². The molecule has 0 aliphatic rings.